The summed E-state index contributed by atoms with van der Waals surface area (Å²) in [6, 6.07) is 8.23. The molecule has 1 rings (SSSR count). The van der Waals surface area contributed by atoms with Crippen LogP contribution in [-0.4, -0.2) is 26.0 Å². The van der Waals surface area contributed by atoms with Gasteiger partial charge < -0.3 is 10.1 Å². The highest BCUT2D eigenvalue weighted by Gasteiger charge is 1.96. The quantitative estimate of drug-likeness (QED) is 0.566. The highest BCUT2D eigenvalue weighted by Crippen LogP contribution is 2.20. The van der Waals surface area contributed by atoms with Crippen LogP contribution in [0, 0.1) is 5.92 Å². The molecule has 2 nitrogen and oxygen atoms in total. The lowest BCUT2D eigenvalue weighted by Crippen LogP contribution is -2.19. The minimum Gasteiger partial charge on any atom is -0.497 e. The van der Waals surface area contributed by atoms with E-state index in [4.69, 9.17) is 4.74 Å². The van der Waals surface area contributed by atoms with Crippen molar-refractivity contribution in [2.45, 2.75) is 25.2 Å². The van der Waals surface area contributed by atoms with Crippen molar-refractivity contribution in [1.82, 2.24) is 5.32 Å². The van der Waals surface area contributed by atoms with Crippen LogP contribution in [0.25, 0.3) is 0 Å². The van der Waals surface area contributed by atoms with Gasteiger partial charge in [0.05, 0.1) is 7.11 Å². The Hall–Kier alpha value is -0.670. The van der Waals surface area contributed by atoms with Crippen LogP contribution < -0.4 is 10.1 Å². The molecule has 0 radical (unpaired) electrons. The predicted octanol–water partition coefficient (Wildman–Crippen LogP) is 3.42. The van der Waals surface area contributed by atoms with Gasteiger partial charge in [-0.2, -0.15) is 0 Å². The number of hydrogen-bond donors (Lipinski definition) is 1. The third-order valence-electron chi connectivity index (χ3n) is 2.51. The molecule has 0 spiro atoms. The number of ether oxygens (including phenoxy) is 1. The van der Waals surface area contributed by atoms with Crippen LogP contribution >= 0.6 is 11.8 Å². The normalized spacial score (nSPS) is 10.8. The molecule has 3 heteroatoms. The van der Waals surface area contributed by atoms with E-state index >= 15 is 0 Å². The summed E-state index contributed by atoms with van der Waals surface area (Å²) in [4.78, 5) is 1.30. The van der Waals surface area contributed by atoms with Crippen LogP contribution in [0.15, 0.2) is 29.2 Å². The zero-order valence-electron chi connectivity index (χ0n) is 11.0. The second-order valence-electron chi connectivity index (χ2n) is 4.46. The first-order chi connectivity index (χ1) is 8.22. The Morgan fingerprint density at radius 3 is 2.47 bits per heavy atom. The fraction of sp³-hybridized carbons (Fsp3) is 0.571. The molecular weight excluding hydrogens is 230 g/mol. The van der Waals surface area contributed by atoms with E-state index in [0.717, 1.165) is 30.5 Å². The molecule has 1 N–H and O–H groups in total. The lowest BCUT2D eigenvalue weighted by molar-refractivity contribution is 0.414. The Labute approximate surface area is 109 Å². The van der Waals surface area contributed by atoms with E-state index in [9.17, 15) is 0 Å². The Bertz CT molecular complexity index is 298. The minimum atomic E-state index is 0.789. The van der Waals surface area contributed by atoms with Gasteiger partial charge in [0.25, 0.3) is 0 Å². The average Bonchev–Trinajstić information content (AvgIpc) is 2.34. The van der Waals surface area contributed by atoms with Crippen molar-refractivity contribution >= 4 is 11.8 Å². The summed E-state index contributed by atoms with van der Waals surface area (Å²) in [5.74, 6) is 2.82. The van der Waals surface area contributed by atoms with Gasteiger partial charge in [0.15, 0.2) is 0 Å². The van der Waals surface area contributed by atoms with Gasteiger partial charge in [-0.3, -0.25) is 0 Å². The molecule has 0 aliphatic carbocycles. The van der Waals surface area contributed by atoms with Gasteiger partial charge in [0.1, 0.15) is 5.75 Å². The average molecular weight is 253 g/mol. The zero-order valence-corrected chi connectivity index (χ0v) is 11.8. The first-order valence-electron chi connectivity index (χ1n) is 6.20. The molecule has 17 heavy (non-hydrogen) atoms. The first-order valence-corrected chi connectivity index (χ1v) is 7.18. The van der Waals surface area contributed by atoms with Crippen molar-refractivity contribution in [3.63, 3.8) is 0 Å². The summed E-state index contributed by atoms with van der Waals surface area (Å²) in [6.07, 6.45) is 1.26. The van der Waals surface area contributed by atoms with E-state index in [0.29, 0.717) is 0 Å². The summed E-state index contributed by atoms with van der Waals surface area (Å²) >= 11 is 1.88. The number of benzene rings is 1. The fourth-order valence-corrected chi connectivity index (χ4v) is 2.24. The summed E-state index contributed by atoms with van der Waals surface area (Å²) in [5, 5.41) is 3.46. The molecule has 0 aromatic heterocycles. The molecule has 0 saturated carbocycles. The Morgan fingerprint density at radius 2 is 1.88 bits per heavy atom. The Kier molecular flexibility index (Phi) is 7.13. The third-order valence-corrected chi connectivity index (χ3v) is 3.52. The fourth-order valence-electron chi connectivity index (χ4n) is 1.43. The molecule has 0 bridgehead atoms. The minimum absolute atomic E-state index is 0.789. The zero-order chi connectivity index (χ0) is 12.5. The maximum absolute atomic E-state index is 5.13. The maximum atomic E-state index is 5.13. The van der Waals surface area contributed by atoms with Crippen LogP contribution in [0.3, 0.4) is 0 Å². The molecular formula is C14H23NOS. The maximum Gasteiger partial charge on any atom is 0.118 e. The summed E-state index contributed by atoms with van der Waals surface area (Å²) in [6.45, 7) is 6.71. The molecule has 0 heterocycles. The molecule has 0 saturated heterocycles. The lowest BCUT2D eigenvalue weighted by Gasteiger charge is -2.07. The number of hydrogen-bond acceptors (Lipinski definition) is 3. The molecule has 1 aromatic carbocycles. The van der Waals surface area contributed by atoms with Crippen molar-refractivity contribution in [2.75, 3.05) is 26.0 Å². The Morgan fingerprint density at radius 1 is 1.18 bits per heavy atom. The number of rotatable bonds is 8. The number of methoxy groups -OCH3 is 1. The summed E-state index contributed by atoms with van der Waals surface area (Å²) in [7, 11) is 1.70. The molecule has 0 unspecified atom stereocenters. The van der Waals surface area contributed by atoms with E-state index < -0.39 is 0 Å². The van der Waals surface area contributed by atoms with Crippen LogP contribution in [0.4, 0.5) is 0 Å². The van der Waals surface area contributed by atoms with E-state index in [1.54, 1.807) is 7.11 Å². The molecule has 0 fully saturated rings. The first kappa shape index (κ1) is 14.4. The smallest absolute Gasteiger partial charge is 0.118 e. The summed E-state index contributed by atoms with van der Waals surface area (Å²) < 4.78 is 5.13. The van der Waals surface area contributed by atoms with Crippen LogP contribution in [0.2, 0.25) is 0 Å². The largest absolute Gasteiger partial charge is 0.497 e. The third kappa shape index (κ3) is 6.59. The SMILES string of the molecule is COc1ccc(SCCNCCC(C)C)cc1. The molecule has 96 valence electrons. The molecule has 1 aromatic rings. The summed E-state index contributed by atoms with van der Waals surface area (Å²) in [5.41, 5.74) is 0. The molecule has 0 aliphatic heterocycles. The van der Waals surface area contributed by atoms with Crippen LogP contribution in [-0.2, 0) is 0 Å². The van der Waals surface area contributed by atoms with E-state index in [-0.39, 0.29) is 0 Å². The molecule has 0 atom stereocenters. The van der Waals surface area contributed by atoms with Gasteiger partial charge in [-0.1, -0.05) is 13.8 Å². The lowest BCUT2D eigenvalue weighted by atomic mass is 10.1. The standard InChI is InChI=1S/C14H23NOS/c1-12(2)8-9-15-10-11-17-14-6-4-13(16-3)5-7-14/h4-7,12,15H,8-11H2,1-3H3. The second-order valence-corrected chi connectivity index (χ2v) is 5.62. The predicted molar refractivity (Wildman–Crippen MR) is 76.0 cm³/mol. The van der Waals surface area contributed by atoms with Crippen molar-refractivity contribution in [2.24, 2.45) is 5.92 Å². The number of thioether (sulfide) groups is 1. The highest BCUT2D eigenvalue weighted by atomic mass is 32.2. The van der Waals surface area contributed by atoms with Crippen molar-refractivity contribution in [1.29, 1.82) is 0 Å². The molecule has 0 aliphatic rings. The van der Waals surface area contributed by atoms with Crippen molar-refractivity contribution < 1.29 is 4.74 Å². The monoisotopic (exact) mass is 253 g/mol. The van der Waals surface area contributed by atoms with E-state index in [1.807, 2.05) is 23.9 Å². The van der Waals surface area contributed by atoms with E-state index in [1.165, 1.54) is 11.3 Å². The van der Waals surface area contributed by atoms with Crippen LogP contribution in [0.1, 0.15) is 20.3 Å². The topological polar surface area (TPSA) is 21.3 Å². The Balaban J connectivity index is 2.09. The van der Waals surface area contributed by atoms with Gasteiger partial charge >= 0.3 is 0 Å². The van der Waals surface area contributed by atoms with Gasteiger partial charge in [0.2, 0.25) is 0 Å². The van der Waals surface area contributed by atoms with Crippen molar-refractivity contribution in [3.05, 3.63) is 24.3 Å². The van der Waals surface area contributed by atoms with Gasteiger partial charge in [-0.15, -0.1) is 11.8 Å². The molecule has 0 amide bonds. The van der Waals surface area contributed by atoms with Gasteiger partial charge in [0, 0.05) is 17.2 Å². The van der Waals surface area contributed by atoms with E-state index in [2.05, 4.69) is 31.3 Å². The number of nitrogens with one attached hydrogen (secondary N) is 1. The van der Waals surface area contributed by atoms with Crippen molar-refractivity contribution in [3.8, 4) is 5.75 Å². The van der Waals surface area contributed by atoms with Gasteiger partial charge in [-0.05, 0) is 43.1 Å². The second kappa shape index (κ2) is 8.43. The van der Waals surface area contributed by atoms with Gasteiger partial charge in [-0.25, -0.2) is 0 Å². The van der Waals surface area contributed by atoms with Crippen LogP contribution in [0.5, 0.6) is 5.75 Å². The highest BCUT2D eigenvalue weighted by molar-refractivity contribution is 7.99.